The van der Waals surface area contributed by atoms with Crippen molar-refractivity contribution in [2.45, 2.75) is 450 Å². The van der Waals surface area contributed by atoms with E-state index in [1.807, 2.05) is 27.2 Å². The van der Waals surface area contributed by atoms with Crippen molar-refractivity contribution < 1.29 is 32.9 Å². The molecule has 0 aromatic heterocycles. The van der Waals surface area contributed by atoms with Gasteiger partial charge in [-0.2, -0.15) is 0 Å². The number of unbranched alkanes of at least 4 members (excludes halogenated alkanes) is 63. The molecule has 0 spiro atoms. The highest BCUT2D eigenvalue weighted by Crippen LogP contribution is 2.38. The molecule has 0 bridgehead atoms. The number of carbonyl (C=O) groups excluding carboxylic acids is 1. The minimum atomic E-state index is -4.60. The number of aliphatic hydroxyl groups is 1. The first kappa shape index (κ1) is 87.2. The highest BCUT2D eigenvalue weighted by atomic mass is 31.2. The lowest BCUT2D eigenvalue weighted by Crippen LogP contribution is -2.45. The minimum Gasteiger partial charge on any atom is -0.756 e. The molecule has 0 radical (unpaired) electrons. The van der Waals surface area contributed by atoms with Gasteiger partial charge in [-0.3, -0.25) is 9.36 Å². The lowest BCUT2D eigenvalue weighted by molar-refractivity contribution is -0.870. The van der Waals surface area contributed by atoms with E-state index >= 15 is 0 Å². The van der Waals surface area contributed by atoms with Crippen molar-refractivity contribution in [3.8, 4) is 0 Å². The molecule has 3 unspecified atom stereocenters. The Labute approximate surface area is 552 Å². The molecule has 88 heavy (non-hydrogen) atoms. The molecule has 8 nitrogen and oxygen atoms in total. The van der Waals surface area contributed by atoms with Crippen LogP contribution >= 0.6 is 7.82 Å². The lowest BCUT2D eigenvalue weighted by atomic mass is 10.0. The molecule has 9 heteroatoms. The number of phosphoric ester groups is 1. The Bertz CT molecular complexity index is 1440. The van der Waals surface area contributed by atoms with Crippen LogP contribution in [-0.4, -0.2) is 68.5 Å². The Morgan fingerprint density at radius 2 is 0.614 bits per heavy atom. The van der Waals surface area contributed by atoms with Gasteiger partial charge < -0.3 is 28.8 Å². The number of hydrogen-bond donors (Lipinski definition) is 2. The van der Waals surface area contributed by atoms with Crippen LogP contribution in [0, 0.1) is 0 Å². The molecule has 0 aromatic rings. The fourth-order valence-electron chi connectivity index (χ4n) is 12.8. The van der Waals surface area contributed by atoms with Gasteiger partial charge in [0.2, 0.25) is 5.91 Å². The summed E-state index contributed by atoms with van der Waals surface area (Å²) < 4.78 is 23.5. The normalized spacial score (nSPS) is 13.5. The van der Waals surface area contributed by atoms with Crippen molar-refractivity contribution in [3.63, 3.8) is 0 Å². The molecule has 0 saturated carbocycles. The molecular weight excluding hydrogens is 1100 g/mol. The van der Waals surface area contributed by atoms with E-state index in [0.29, 0.717) is 17.4 Å². The zero-order valence-electron chi connectivity index (χ0n) is 60.5. The van der Waals surface area contributed by atoms with Gasteiger partial charge in [-0.25, -0.2) is 0 Å². The number of allylic oxidation sites excluding steroid dienone is 1. The van der Waals surface area contributed by atoms with E-state index < -0.39 is 20.0 Å². The maximum Gasteiger partial charge on any atom is 0.268 e. The fourth-order valence-corrected chi connectivity index (χ4v) is 13.5. The fraction of sp³-hybridized carbons (Fsp3) is 0.962. The predicted molar refractivity (Wildman–Crippen MR) is 386 cm³/mol. The van der Waals surface area contributed by atoms with Crippen molar-refractivity contribution in [3.05, 3.63) is 12.2 Å². The van der Waals surface area contributed by atoms with E-state index in [4.69, 9.17) is 9.05 Å². The zero-order chi connectivity index (χ0) is 64.1. The Balaban J connectivity index is 3.87. The number of quaternary nitrogens is 1. The Morgan fingerprint density at radius 1 is 0.386 bits per heavy atom. The van der Waals surface area contributed by atoms with Gasteiger partial charge in [-0.1, -0.05) is 424 Å². The van der Waals surface area contributed by atoms with E-state index in [2.05, 4.69) is 19.2 Å². The largest absolute Gasteiger partial charge is 0.756 e. The molecule has 526 valence electrons. The lowest BCUT2D eigenvalue weighted by Gasteiger charge is -2.29. The van der Waals surface area contributed by atoms with Gasteiger partial charge in [-0.15, -0.1) is 0 Å². The molecule has 0 fully saturated rings. The molecule has 0 aliphatic carbocycles. The van der Waals surface area contributed by atoms with Crippen LogP contribution in [-0.2, 0) is 18.4 Å². The van der Waals surface area contributed by atoms with Crippen LogP contribution in [0.1, 0.15) is 438 Å². The zero-order valence-corrected chi connectivity index (χ0v) is 61.4. The van der Waals surface area contributed by atoms with Gasteiger partial charge in [-0.05, 0) is 19.3 Å². The average molecular weight is 1260 g/mol. The van der Waals surface area contributed by atoms with E-state index in [0.717, 1.165) is 38.5 Å². The Morgan fingerprint density at radius 3 is 0.852 bits per heavy atom. The summed E-state index contributed by atoms with van der Waals surface area (Å²) in [4.78, 5) is 25.7. The topological polar surface area (TPSA) is 108 Å². The minimum absolute atomic E-state index is 0.00311. The molecule has 0 aromatic carbocycles. The number of phosphoric acid groups is 1. The van der Waals surface area contributed by atoms with Crippen molar-refractivity contribution in [1.29, 1.82) is 0 Å². The number of nitrogens with zero attached hydrogens (tertiary/aromatic N) is 1. The third kappa shape index (κ3) is 72.7. The first-order valence-corrected chi connectivity index (χ1v) is 41.5. The first-order valence-electron chi connectivity index (χ1n) is 40.1. The monoisotopic (exact) mass is 1260 g/mol. The summed E-state index contributed by atoms with van der Waals surface area (Å²) in [5.74, 6) is -0.186. The van der Waals surface area contributed by atoms with Crippen molar-refractivity contribution in [1.82, 2.24) is 5.32 Å². The maximum atomic E-state index is 13.1. The van der Waals surface area contributed by atoms with Gasteiger partial charge in [0.1, 0.15) is 13.2 Å². The first-order chi connectivity index (χ1) is 43.0. The molecular formula is C79H159N2O6P. The van der Waals surface area contributed by atoms with Crippen molar-refractivity contribution in [2.75, 3.05) is 40.9 Å². The third-order valence-electron chi connectivity index (χ3n) is 19.0. The van der Waals surface area contributed by atoms with Crippen LogP contribution < -0.4 is 10.2 Å². The Kier molecular flexibility index (Phi) is 69.9. The van der Waals surface area contributed by atoms with Crippen LogP contribution in [0.3, 0.4) is 0 Å². The van der Waals surface area contributed by atoms with Crippen LogP contribution in [0.15, 0.2) is 12.2 Å². The van der Waals surface area contributed by atoms with Crippen molar-refractivity contribution in [2.24, 2.45) is 0 Å². The van der Waals surface area contributed by atoms with E-state index in [9.17, 15) is 19.4 Å². The molecule has 2 N–H and O–H groups in total. The molecule has 3 atom stereocenters. The van der Waals surface area contributed by atoms with Crippen LogP contribution in [0.4, 0.5) is 0 Å². The van der Waals surface area contributed by atoms with Crippen LogP contribution in [0.2, 0.25) is 0 Å². The highest BCUT2D eigenvalue weighted by Gasteiger charge is 2.23. The van der Waals surface area contributed by atoms with Gasteiger partial charge in [0.05, 0.1) is 39.9 Å². The Hall–Kier alpha value is -0.760. The molecule has 0 saturated heterocycles. The number of carbonyl (C=O) groups is 1. The maximum absolute atomic E-state index is 13.1. The predicted octanol–water partition coefficient (Wildman–Crippen LogP) is 25.4. The number of likely N-dealkylation sites (N-methyl/N-ethyl adjacent to an activating group) is 1. The summed E-state index contributed by atoms with van der Waals surface area (Å²) in [5.41, 5.74) is 0. The van der Waals surface area contributed by atoms with Crippen molar-refractivity contribution >= 4 is 13.7 Å². The third-order valence-corrected chi connectivity index (χ3v) is 20.0. The average Bonchev–Trinajstić information content (AvgIpc) is 3.71. The standard InChI is InChI=1S/C79H159N2O6P/c1-6-8-10-12-14-16-18-20-22-24-26-28-30-32-33-34-35-36-37-38-39-40-41-42-43-44-45-46-47-49-51-53-55-57-59-61-63-65-67-69-71-73-79(83)80-77(76-87-88(84,85)86-75-74-81(3,4)5)78(82)72-70-68-66-64-62-60-58-56-54-52-50-48-31-29-27-25-23-21-19-17-15-13-11-9-7-2/h70,72,77-78,82H,6-69,71,73-76H2,1-5H3,(H-,80,83,84,85)/b72-70+. The summed E-state index contributed by atoms with van der Waals surface area (Å²) in [6.07, 6.45) is 92.5. The molecule has 0 aliphatic rings. The number of aliphatic hydroxyl groups excluding tert-OH is 1. The van der Waals surface area contributed by atoms with E-state index in [1.165, 1.54) is 379 Å². The summed E-state index contributed by atoms with van der Waals surface area (Å²) >= 11 is 0. The summed E-state index contributed by atoms with van der Waals surface area (Å²) in [5, 5.41) is 14.0. The molecule has 0 aliphatic heterocycles. The van der Waals surface area contributed by atoms with Gasteiger partial charge in [0, 0.05) is 6.42 Å². The van der Waals surface area contributed by atoms with Gasteiger partial charge in [0.25, 0.3) is 7.82 Å². The van der Waals surface area contributed by atoms with Crippen LogP contribution in [0.25, 0.3) is 0 Å². The summed E-state index contributed by atoms with van der Waals surface area (Å²) in [6.45, 7) is 4.73. The second-order valence-corrected chi connectivity index (χ2v) is 30.6. The second kappa shape index (κ2) is 70.6. The number of nitrogens with one attached hydrogen (secondary N) is 1. The van der Waals surface area contributed by atoms with E-state index in [-0.39, 0.29) is 19.1 Å². The van der Waals surface area contributed by atoms with Gasteiger partial charge in [0.15, 0.2) is 0 Å². The number of amides is 1. The quantitative estimate of drug-likeness (QED) is 0.0272. The SMILES string of the molecule is CCCCCCCCCCCCCCCCCCCCCCCCC/C=C/C(O)C(COP(=O)([O-])OCC[N+](C)(C)C)NC(=O)CCCCCCCCCCCCCCCCCCCCCCCCCCCCCCCCCCCCCCCCCCC. The number of hydrogen-bond acceptors (Lipinski definition) is 6. The molecule has 1 amide bonds. The summed E-state index contributed by atoms with van der Waals surface area (Å²) in [7, 11) is 1.29. The smallest absolute Gasteiger partial charge is 0.268 e. The molecule has 0 rings (SSSR count). The summed E-state index contributed by atoms with van der Waals surface area (Å²) in [6, 6.07) is -0.884. The van der Waals surface area contributed by atoms with Gasteiger partial charge >= 0.3 is 0 Å². The second-order valence-electron chi connectivity index (χ2n) is 29.1. The van der Waals surface area contributed by atoms with E-state index in [1.54, 1.807) is 6.08 Å². The van der Waals surface area contributed by atoms with Crippen LogP contribution in [0.5, 0.6) is 0 Å². The highest BCUT2D eigenvalue weighted by molar-refractivity contribution is 7.45. The molecule has 0 heterocycles. The number of rotatable bonds is 76.